The maximum atomic E-state index is 5.24. The molecular formula is C18H13N7O. The fourth-order valence-electron chi connectivity index (χ4n) is 2.88. The Balaban J connectivity index is 1.67. The van der Waals surface area contributed by atoms with Gasteiger partial charge in [-0.1, -0.05) is 0 Å². The lowest BCUT2D eigenvalue weighted by Crippen LogP contribution is -1.88. The van der Waals surface area contributed by atoms with Gasteiger partial charge in [-0.2, -0.15) is 5.10 Å². The summed E-state index contributed by atoms with van der Waals surface area (Å²) in [7, 11) is 1.61. The van der Waals surface area contributed by atoms with Crippen LogP contribution in [0.15, 0.2) is 49.1 Å². The second-order valence-electron chi connectivity index (χ2n) is 5.76. The minimum Gasteiger partial charge on any atom is -0.495 e. The van der Waals surface area contributed by atoms with E-state index in [1.807, 2.05) is 24.3 Å². The van der Waals surface area contributed by atoms with Gasteiger partial charge in [-0.05, 0) is 24.3 Å². The van der Waals surface area contributed by atoms with Crippen molar-refractivity contribution in [2.75, 3.05) is 7.11 Å². The van der Waals surface area contributed by atoms with Gasteiger partial charge in [0.05, 0.1) is 30.7 Å². The number of nitrogens with one attached hydrogen (secondary N) is 2. The Kier molecular flexibility index (Phi) is 3.14. The van der Waals surface area contributed by atoms with Crippen molar-refractivity contribution in [1.29, 1.82) is 0 Å². The van der Waals surface area contributed by atoms with Gasteiger partial charge in [-0.15, -0.1) is 0 Å². The number of H-pyrrole nitrogens is 2. The molecule has 5 aromatic rings. The molecule has 8 heteroatoms. The zero-order valence-corrected chi connectivity index (χ0v) is 13.8. The highest BCUT2D eigenvalue weighted by atomic mass is 16.5. The van der Waals surface area contributed by atoms with Gasteiger partial charge in [0.1, 0.15) is 17.0 Å². The van der Waals surface area contributed by atoms with Crippen molar-refractivity contribution in [3.63, 3.8) is 0 Å². The molecule has 5 heterocycles. The lowest BCUT2D eigenvalue weighted by molar-refractivity contribution is 0.413. The summed E-state index contributed by atoms with van der Waals surface area (Å²) < 4.78 is 5.24. The topological polar surface area (TPSA) is 105 Å². The van der Waals surface area contributed by atoms with E-state index in [1.54, 1.807) is 31.9 Å². The minimum atomic E-state index is 0.658. The summed E-state index contributed by atoms with van der Waals surface area (Å²) >= 11 is 0. The first-order chi connectivity index (χ1) is 12.8. The highest BCUT2D eigenvalue weighted by molar-refractivity contribution is 5.94. The largest absolute Gasteiger partial charge is 0.495 e. The van der Waals surface area contributed by atoms with Crippen molar-refractivity contribution >= 4 is 22.1 Å². The highest BCUT2D eigenvalue weighted by Crippen LogP contribution is 2.29. The normalized spacial score (nSPS) is 11.3. The quantitative estimate of drug-likeness (QED) is 0.522. The van der Waals surface area contributed by atoms with Crippen LogP contribution in [-0.2, 0) is 0 Å². The molecule has 0 amide bonds. The number of aromatic amines is 2. The summed E-state index contributed by atoms with van der Waals surface area (Å²) in [5, 5.41) is 8.32. The number of pyridine rings is 3. The number of fused-ring (bicyclic) bond motifs is 2. The van der Waals surface area contributed by atoms with Gasteiger partial charge in [0.25, 0.3) is 0 Å². The maximum Gasteiger partial charge on any atom is 0.160 e. The predicted octanol–water partition coefficient (Wildman–Crippen LogP) is 2.97. The van der Waals surface area contributed by atoms with Crippen LogP contribution in [0.1, 0.15) is 0 Å². The van der Waals surface area contributed by atoms with Crippen molar-refractivity contribution in [2.45, 2.75) is 0 Å². The monoisotopic (exact) mass is 343 g/mol. The average Bonchev–Trinajstić information content (AvgIpc) is 3.31. The summed E-state index contributed by atoms with van der Waals surface area (Å²) in [4.78, 5) is 20.8. The third kappa shape index (κ3) is 2.27. The number of rotatable bonds is 3. The van der Waals surface area contributed by atoms with Crippen molar-refractivity contribution < 1.29 is 4.74 Å². The molecule has 0 spiro atoms. The molecule has 0 aliphatic heterocycles. The van der Waals surface area contributed by atoms with Crippen molar-refractivity contribution in [2.24, 2.45) is 0 Å². The molecule has 0 aliphatic rings. The van der Waals surface area contributed by atoms with E-state index < -0.39 is 0 Å². The lowest BCUT2D eigenvalue weighted by Gasteiger charge is -2.03. The van der Waals surface area contributed by atoms with Crippen LogP contribution in [0.3, 0.4) is 0 Å². The van der Waals surface area contributed by atoms with E-state index in [0.717, 1.165) is 39.0 Å². The van der Waals surface area contributed by atoms with E-state index in [-0.39, 0.29) is 0 Å². The number of imidazole rings is 1. The fourth-order valence-corrected chi connectivity index (χ4v) is 2.88. The van der Waals surface area contributed by atoms with Crippen LogP contribution in [0.25, 0.3) is 44.8 Å². The molecule has 5 rings (SSSR count). The first-order valence-electron chi connectivity index (χ1n) is 7.96. The number of hydrogen-bond donors (Lipinski definition) is 2. The molecule has 0 aromatic carbocycles. The standard InChI is InChI=1S/C18H13N7O/c1-26-11-5-10(7-19-8-11)14-6-12-15(9-21-14)24-25-16(12)18-22-13-3-2-4-20-17(13)23-18/h2-9H,1H3,(H,24,25)(H,20,22,23). The zero-order valence-electron chi connectivity index (χ0n) is 13.8. The fraction of sp³-hybridized carbons (Fsp3) is 0.0556. The van der Waals surface area contributed by atoms with Gasteiger partial charge in [-0.3, -0.25) is 15.1 Å². The Labute approximate surface area is 147 Å². The molecule has 0 unspecified atom stereocenters. The Morgan fingerprint density at radius 1 is 1.08 bits per heavy atom. The zero-order chi connectivity index (χ0) is 17.5. The third-order valence-corrected chi connectivity index (χ3v) is 4.17. The maximum absolute atomic E-state index is 5.24. The van der Waals surface area contributed by atoms with Gasteiger partial charge in [-0.25, -0.2) is 9.97 Å². The van der Waals surface area contributed by atoms with Crippen molar-refractivity contribution in [3.05, 3.63) is 49.1 Å². The average molecular weight is 343 g/mol. The van der Waals surface area contributed by atoms with Gasteiger partial charge >= 0.3 is 0 Å². The van der Waals surface area contributed by atoms with Gasteiger partial charge in [0.2, 0.25) is 0 Å². The summed E-state index contributed by atoms with van der Waals surface area (Å²) in [5.74, 6) is 1.34. The van der Waals surface area contributed by atoms with E-state index in [1.165, 1.54) is 0 Å². The second kappa shape index (κ2) is 5.62. The van der Waals surface area contributed by atoms with Crippen LogP contribution >= 0.6 is 0 Å². The van der Waals surface area contributed by atoms with E-state index in [0.29, 0.717) is 11.6 Å². The molecule has 26 heavy (non-hydrogen) atoms. The van der Waals surface area contributed by atoms with Crippen LogP contribution < -0.4 is 4.74 Å². The number of ether oxygens (including phenoxy) is 1. The molecule has 126 valence electrons. The molecule has 0 radical (unpaired) electrons. The summed E-state index contributed by atoms with van der Waals surface area (Å²) in [6.45, 7) is 0. The molecule has 2 N–H and O–H groups in total. The number of nitrogens with zero attached hydrogens (tertiary/aromatic N) is 5. The van der Waals surface area contributed by atoms with E-state index in [2.05, 4.69) is 35.1 Å². The van der Waals surface area contributed by atoms with Gasteiger partial charge in [0, 0.05) is 23.3 Å². The van der Waals surface area contributed by atoms with E-state index in [4.69, 9.17) is 4.74 Å². The Bertz CT molecular complexity index is 1210. The first-order valence-corrected chi connectivity index (χ1v) is 7.96. The molecule has 0 aliphatic carbocycles. The van der Waals surface area contributed by atoms with Crippen LogP contribution in [0.2, 0.25) is 0 Å². The SMILES string of the molecule is COc1cncc(-c2cc3c(-c4nc5cccnc5[nH]4)n[nH]c3cn2)c1. The van der Waals surface area contributed by atoms with Gasteiger partial charge < -0.3 is 9.72 Å². The molecule has 0 saturated heterocycles. The third-order valence-electron chi connectivity index (χ3n) is 4.17. The molecule has 0 atom stereocenters. The van der Waals surface area contributed by atoms with Crippen molar-refractivity contribution in [3.8, 4) is 28.5 Å². The Morgan fingerprint density at radius 3 is 2.92 bits per heavy atom. The van der Waals surface area contributed by atoms with Crippen LogP contribution in [-0.4, -0.2) is 42.2 Å². The summed E-state index contributed by atoms with van der Waals surface area (Å²) in [6, 6.07) is 7.62. The van der Waals surface area contributed by atoms with Crippen LogP contribution in [0.5, 0.6) is 5.75 Å². The predicted molar refractivity (Wildman–Crippen MR) is 96.6 cm³/mol. The minimum absolute atomic E-state index is 0.658. The molecule has 0 saturated carbocycles. The summed E-state index contributed by atoms with van der Waals surface area (Å²) in [5.41, 5.74) is 4.71. The van der Waals surface area contributed by atoms with Crippen molar-refractivity contribution in [1.82, 2.24) is 35.1 Å². The molecule has 0 bridgehead atoms. The number of hydrogen-bond acceptors (Lipinski definition) is 6. The first kappa shape index (κ1) is 14.5. The second-order valence-corrected chi connectivity index (χ2v) is 5.76. The van der Waals surface area contributed by atoms with Gasteiger partial charge in [0.15, 0.2) is 11.5 Å². The molecular weight excluding hydrogens is 330 g/mol. The molecule has 8 nitrogen and oxygen atoms in total. The molecule has 0 fully saturated rings. The highest BCUT2D eigenvalue weighted by Gasteiger charge is 2.14. The number of methoxy groups -OCH3 is 1. The lowest BCUT2D eigenvalue weighted by atomic mass is 10.1. The summed E-state index contributed by atoms with van der Waals surface area (Å²) in [6.07, 6.45) is 6.89. The van der Waals surface area contributed by atoms with E-state index in [9.17, 15) is 0 Å². The van der Waals surface area contributed by atoms with E-state index >= 15 is 0 Å². The molecule has 5 aromatic heterocycles. The Hall–Kier alpha value is -3.81. The van der Waals surface area contributed by atoms with Crippen LogP contribution in [0.4, 0.5) is 0 Å². The smallest absolute Gasteiger partial charge is 0.160 e. The number of aromatic nitrogens is 7. The Morgan fingerprint density at radius 2 is 2.04 bits per heavy atom. The van der Waals surface area contributed by atoms with Crippen LogP contribution in [0, 0.1) is 0 Å².